The van der Waals surface area contributed by atoms with E-state index >= 15 is 0 Å². The van der Waals surface area contributed by atoms with Crippen LogP contribution in [0.25, 0.3) is 0 Å². The number of aliphatic hydroxyl groups is 1. The van der Waals surface area contributed by atoms with E-state index in [-0.39, 0.29) is 18.6 Å². The van der Waals surface area contributed by atoms with Gasteiger partial charge in [0.15, 0.2) is 0 Å². The second kappa shape index (κ2) is 4.51. The smallest absolute Gasteiger partial charge is 0.265 e. The predicted octanol–water partition coefficient (Wildman–Crippen LogP) is 2.00. The second-order valence-corrected chi connectivity index (χ2v) is 4.90. The first kappa shape index (κ1) is 10.9. The van der Waals surface area contributed by atoms with E-state index in [4.69, 9.17) is 16.7 Å². The molecule has 1 atom stereocenters. The summed E-state index contributed by atoms with van der Waals surface area (Å²) < 4.78 is 0. The Morgan fingerprint density at radius 1 is 1.73 bits per heavy atom. The van der Waals surface area contributed by atoms with Crippen molar-refractivity contribution in [1.82, 2.24) is 4.90 Å². The zero-order valence-corrected chi connectivity index (χ0v) is 9.72. The molecule has 0 bridgehead atoms. The van der Waals surface area contributed by atoms with E-state index in [1.807, 2.05) is 0 Å². The fourth-order valence-electron chi connectivity index (χ4n) is 1.87. The van der Waals surface area contributed by atoms with Gasteiger partial charge in [-0.05, 0) is 24.3 Å². The maximum absolute atomic E-state index is 12.0. The standard InChI is InChI=1S/C10H12ClNO2S/c11-8-3-5-15-9(8)10(14)12-4-1-2-7(12)6-13/h3,5,7,13H,1-2,4,6H2. The summed E-state index contributed by atoms with van der Waals surface area (Å²) in [5.41, 5.74) is 0. The molecule has 0 aliphatic carbocycles. The Kier molecular flexibility index (Phi) is 3.29. The zero-order valence-electron chi connectivity index (χ0n) is 8.15. The average molecular weight is 246 g/mol. The Morgan fingerprint density at radius 2 is 2.53 bits per heavy atom. The number of nitrogens with zero attached hydrogens (tertiary/aromatic N) is 1. The van der Waals surface area contributed by atoms with E-state index in [1.54, 1.807) is 16.3 Å². The minimum Gasteiger partial charge on any atom is -0.394 e. The molecule has 2 rings (SSSR count). The molecule has 0 spiro atoms. The minimum atomic E-state index is -0.0495. The summed E-state index contributed by atoms with van der Waals surface area (Å²) in [4.78, 5) is 14.3. The first-order valence-electron chi connectivity index (χ1n) is 4.89. The molecule has 1 aromatic heterocycles. The summed E-state index contributed by atoms with van der Waals surface area (Å²) in [6, 6.07) is 1.69. The Morgan fingerprint density at radius 3 is 3.13 bits per heavy atom. The van der Waals surface area contributed by atoms with Gasteiger partial charge in [-0.3, -0.25) is 4.79 Å². The molecule has 0 aromatic carbocycles. The summed E-state index contributed by atoms with van der Waals surface area (Å²) in [5, 5.41) is 11.4. The molecule has 1 aliphatic rings. The van der Waals surface area contributed by atoms with Crippen molar-refractivity contribution < 1.29 is 9.90 Å². The molecule has 1 amide bonds. The first-order valence-corrected chi connectivity index (χ1v) is 6.14. The minimum absolute atomic E-state index is 0.0318. The number of carbonyl (C=O) groups excluding carboxylic acids is 1. The maximum atomic E-state index is 12.0. The lowest BCUT2D eigenvalue weighted by molar-refractivity contribution is 0.0682. The normalized spacial score (nSPS) is 20.9. The average Bonchev–Trinajstić information content (AvgIpc) is 2.84. The number of halogens is 1. The van der Waals surface area contributed by atoms with Crippen molar-refractivity contribution in [2.24, 2.45) is 0 Å². The Balaban J connectivity index is 2.18. The summed E-state index contributed by atoms with van der Waals surface area (Å²) in [6.45, 7) is 0.757. The third-order valence-corrected chi connectivity index (χ3v) is 3.99. The number of thiophene rings is 1. The molecule has 0 saturated carbocycles. The molecule has 1 saturated heterocycles. The van der Waals surface area contributed by atoms with Gasteiger partial charge in [-0.1, -0.05) is 11.6 Å². The van der Waals surface area contributed by atoms with Crippen molar-refractivity contribution in [3.63, 3.8) is 0 Å². The molecule has 1 aromatic rings. The van der Waals surface area contributed by atoms with Crippen LogP contribution in [-0.2, 0) is 0 Å². The van der Waals surface area contributed by atoms with Gasteiger partial charge in [-0.25, -0.2) is 0 Å². The molecule has 1 aliphatic heterocycles. The van der Waals surface area contributed by atoms with Crippen molar-refractivity contribution in [2.75, 3.05) is 13.2 Å². The summed E-state index contributed by atoms with van der Waals surface area (Å²) in [5.74, 6) is -0.0495. The van der Waals surface area contributed by atoms with Crippen LogP contribution in [-0.4, -0.2) is 35.1 Å². The molecule has 3 nitrogen and oxygen atoms in total. The molecule has 1 unspecified atom stereocenters. The van der Waals surface area contributed by atoms with E-state index in [1.165, 1.54) is 11.3 Å². The van der Waals surface area contributed by atoms with E-state index in [0.717, 1.165) is 19.4 Å². The number of hydrogen-bond acceptors (Lipinski definition) is 3. The van der Waals surface area contributed by atoms with Crippen LogP contribution in [0.4, 0.5) is 0 Å². The number of hydrogen-bond donors (Lipinski definition) is 1. The van der Waals surface area contributed by atoms with E-state index < -0.39 is 0 Å². The summed E-state index contributed by atoms with van der Waals surface area (Å²) >= 11 is 7.26. The predicted molar refractivity (Wildman–Crippen MR) is 60.5 cm³/mol. The fraction of sp³-hybridized carbons (Fsp3) is 0.500. The van der Waals surface area contributed by atoms with Crippen LogP contribution in [0.1, 0.15) is 22.5 Å². The zero-order chi connectivity index (χ0) is 10.8. The van der Waals surface area contributed by atoms with E-state index in [9.17, 15) is 4.79 Å². The first-order chi connectivity index (χ1) is 7.24. The van der Waals surface area contributed by atoms with Gasteiger partial charge >= 0.3 is 0 Å². The van der Waals surface area contributed by atoms with Crippen LogP contribution in [0.5, 0.6) is 0 Å². The molecule has 5 heteroatoms. The van der Waals surface area contributed by atoms with Crippen molar-refractivity contribution in [2.45, 2.75) is 18.9 Å². The highest BCUT2D eigenvalue weighted by atomic mass is 35.5. The number of rotatable bonds is 2. The lowest BCUT2D eigenvalue weighted by Gasteiger charge is -2.22. The van der Waals surface area contributed by atoms with Gasteiger partial charge in [-0.2, -0.15) is 0 Å². The van der Waals surface area contributed by atoms with Crippen LogP contribution in [0.3, 0.4) is 0 Å². The van der Waals surface area contributed by atoms with Gasteiger partial charge in [0.1, 0.15) is 4.88 Å². The molecule has 1 fully saturated rings. The second-order valence-electron chi connectivity index (χ2n) is 3.57. The third-order valence-electron chi connectivity index (χ3n) is 2.66. The van der Waals surface area contributed by atoms with E-state index in [2.05, 4.69) is 0 Å². The molecule has 0 radical (unpaired) electrons. The van der Waals surface area contributed by atoms with Crippen LogP contribution >= 0.6 is 22.9 Å². The van der Waals surface area contributed by atoms with Crippen molar-refractivity contribution in [1.29, 1.82) is 0 Å². The van der Waals surface area contributed by atoms with Crippen LogP contribution in [0, 0.1) is 0 Å². The van der Waals surface area contributed by atoms with Gasteiger partial charge in [0, 0.05) is 6.54 Å². The molecule has 82 valence electrons. The summed E-state index contributed by atoms with van der Waals surface area (Å²) in [7, 11) is 0. The molecule has 1 N–H and O–H groups in total. The van der Waals surface area contributed by atoms with Crippen molar-refractivity contribution >= 4 is 28.8 Å². The largest absolute Gasteiger partial charge is 0.394 e. The highest BCUT2D eigenvalue weighted by Crippen LogP contribution is 2.27. The van der Waals surface area contributed by atoms with Crippen LogP contribution in [0.15, 0.2) is 11.4 Å². The highest BCUT2D eigenvalue weighted by molar-refractivity contribution is 7.12. The van der Waals surface area contributed by atoms with Gasteiger partial charge in [0.05, 0.1) is 17.7 Å². The molecular weight excluding hydrogens is 234 g/mol. The number of carbonyl (C=O) groups is 1. The SMILES string of the molecule is O=C(c1sccc1Cl)N1CCCC1CO. The number of amides is 1. The third kappa shape index (κ3) is 2.02. The fourth-order valence-corrected chi connectivity index (χ4v) is 2.96. The molecule has 15 heavy (non-hydrogen) atoms. The van der Waals surface area contributed by atoms with Gasteiger partial charge < -0.3 is 10.0 Å². The number of likely N-dealkylation sites (tertiary alicyclic amines) is 1. The highest BCUT2D eigenvalue weighted by Gasteiger charge is 2.30. The van der Waals surface area contributed by atoms with Crippen molar-refractivity contribution in [3.05, 3.63) is 21.3 Å². The van der Waals surface area contributed by atoms with Gasteiger partial charge in [0.25, 0.3) is 5.91 Å². The lowest BCUT2D eigenvalue weighted by atomic mass is 10.2. The van der Waals surface area contributed by atoms with Crippen molar-refractivity contribution in [3.8, 4) is 0 Å². The Hall–Kier alpha value is -0.580. The van der Waals surface area contributed by atoms with Crippen LogP contribution in [0.2, 0.25) is 5.02 Å². The lowest BCUT2D eigenvalue weighted by Crippen LogP contribution is -2.37. The summed E-state index contributed by atoms with van der Waals surface area (Å²) in [6.07, 6.45) is 1.84. The Labute approximate surface area is 97.3 Å². The van der Waals surface area contributed by atoms with Gasteiger partial charge in [-0.15, -0.1) is 11.3 Å². The van der Waals surface area contributed by atoms with E-state index in [0.29, 0.717) is 9.90 Å². The monoisotopic (exact) mass is 245 g/mol. The maximum Gasteiger partial charge on any atom is 0.265 e. The quantitative estimate of drug-likeness (QED) is 0.866. The topological polar surface area (TPSA) is 40.5 Å². The van der Waals surface area contributed by atoms with Gasteiger partial charge in [0.2, 0.25) is 0 Å². The molecular formula is C10H12ClNO2S. The molecule has 2 heterocycles. The van der Waals surface area contributed by atoms with Crippen LogP contribution < -0.4 is 0 Å². The number of aliphatic hydroxyl groups excluding tert-OH is 1. The Bertz CT molecular complexity index is 366.